The van der Waals surface area contributed by atoms with Gasteiger partial charge in [-0.15, -0.1) is 0 Å². The second-order valence-corrected chi connectivity index (χ2v) is 8.84. The Hall–Kier alpha value is -1.43. The molecular weight excluding hydrogens is 364 g/mol. The Morgan fingerprint density at radius 3 is 1.90 bits per heavy atom. The number of rotatable bonds is 7. The molecule has 0 heterocycles. The molecule has 0 spiro atoms. The van der Waals surface area contributed by atoms with Crippen LogP contribution in [0.25, 0.3) is 0 Å². The summed E-state index contributed by atoms with van der Waals surface area (Å²) in [6, 6.07) is 0. The SMILES string of the molecule is CNCC(C)C.NC(N)=NC(=O)CC1CCCCC1.O=CCCC1CCCCC1. The van der Waals surface area contributed by atoms with Gasteiger partial charge in [0.1, 0.15) is 6.29 Å². The van der Waals surface area contributed by atoms with E-state index >= 15 is 0 Å². The van der Waals surface area contributed by atoms with E-state index in [1.165, 1.54) is 51.4 Å². The van der Waals surface area contributed by atoms with Crippen molar-refractivity contribution in [1.82, 2.24) is 5.32 Å². The number of nitrogens with one attached hydrogen (secondary N) is 1. The van der Waals surface area contributed by atoms with Gasteiger partial charge in [0, 0.05) is 12.8 Å². The molecule has 0 bridgehead atoms. The number of carbonyl (C=O) groups excluding carboxylic acids is 2. The number of nitrogens with two attached hydrogens (primary N) is 2. The van der Waals surface area contributed by atoms with Crippen LogP contribution in [-0.4, -0.2) is 31.7 Å². The summed E-state index contributed by atoms with van der Waals surface area (Å²) in [5.74, 6) is 1.87. The monoisotopic (exact) mass is 410 g/mol. The smallest absolute Gasteiger partial charge is 0.249 e. The Labute approximate surface area is 178 Å². The van der Waals surface area contributed by atoms with Crippen LogP contribution in [0.1, 0.15) is 97.3 Å². The lowest BCUT2D eigenvalue weighted by Gasteiger charge is -2.19. The van der Waals surface area contributed by atoms with E-state index in [1.54, 1.807) is 0 Å². The summed E-state index contributed by atoms with van der Waals surface area (Å²) in [5, 5.41) is 3.07. The van der Waals surface area contributed by atoms with Crippen molar-refractivity contribution in [2.24, 2.45) is 34.2 Å². The fraction of sp³-hybridized carbons (Fsp3) is 0.870. The highest BCUT2D eigenvalue weighted by molar-refractivity contribution is 5.91. The van der Waals surface area contributed by atoms with E-state index in [-0.39, 0.29) is 11.9 Å². The minimum absolute atomic E-state index is 0.124. The summed E-state index contributed by atoms with van der Waals surface area (Å²) < 4.78 is 0. The van der Waals surface area contributed by atoms with Gasteiger partial charge < -0.3 is 21.6 Å². The first-order valence-corrected chi connectivity index (χ1v) is 11.6. The Morgan fingerprint density at radius 2 is 1.52 bits per heavy atom. The predicted molar refractivity (Wildman–Crippen MR) is 123 cm³/mol. The summed E-state index contributed by atoms with van der Waals surface area (Å²) in [4.78, 5) is 24.7. The van der Waals surface area contributed by atoms with Crippen LogP contribution < -0.4 is 16.8 Å². The number of hydrogen-bond donors (Lipinski definition) is 3. The standard InChI is InChI=1S/C9H17N3O.C9H16O.C5H13N/c10-9(11)12-8(13)6-7-4-2-1-3-5-7;10-8-4-7-9-5-2-1-3-6-9;1-5(2)4-6-3/h7H,1-6H2,(H4,10,11,12,13);8-9H,1-7H2;5-6H,4H2,1-3H3. The number of carbonyl (C=O) groups is 2. The Morgan fingerprint density at radius 1 is 1.00 bits per heavy atom. The molecule has 0 aromatic rings. The lowest BCUT2D eigenvalue weighted by Crippen LogP contribution is -2.24. The second-order valence-electron chi connectivity index (χ2n) is 8.84. The summed E-state index contributed by atoms with van der Waals surface area (Å²) in [6.45, 7) is 5.51. The van der Waals surface area contributed by atoms with Crippen molar-refractivity contribution in [2.75, 3.05) is 13.6 Å². The van der Waals surface area contributed by atoms with Crippen molar-refractivity contribution in [3.05, 3.63) is 0 Å². The Kier molecular flexibility index (Phi) is 17.7. The largest absolute Gasteiger partial charge is 0.370 e. The van der Waals surface area contributed by atoms with E-state index in [2.05, 4.69) is 24.2 Å². The minimum atomic E-state index is -0.174. The fourth-order valence-electron chi connectivity index (χ4n) is 4.02. The molecule has 1 amide bonds. The molecule has 5 N–H and O–H groups in total. The van der Waals surface area contributed by atoms with E-state index in [0.29, 0.717) is 12.3 Å². The van der Waals surface area contributed by atoms with Crippen LogP contribution in [0.4, 0.5) is 0 Å². The van der Waals surface area contributed by atoms with E-state index in [4.69, 9.17) is 11.5 Å². The summed E-state index contributed by atoms with van der Waals surface area (Å²) in [6.07, 6.45) is 16.5. The van der Waals surface area contributed by atoms with Gasteiger partial charge in [-0.05, 0) is 50.6 Å². The van der Waals surface area contributed by atoms with Crippen LogP contribution in [-0.2, 0) is 9.59 Å². The first kappa shape index (κ1) is 27.6. The highest BCUT2D eigenvalue weighted by Crippen LogP contribution is 2.27. The van der Waals surface area contributed by atoms with Gasteiger partial charge in [0.05, 0.1) is 0 Å². The molecule has 0 unspecified atom stereocenters. The molecule has 2 saturated carbocycles. The average Bonchev–Trinajstić information content (AvgIpc) is 2.68. The molecule has 2 fully saturated rings. The summed E-state index contributed by atoms with van der Waals surface area (Å²) >= 11 is 0. The zero-order chi connectivity index (χ0) is 21.9. The predicted octanol–water partition coefficient (Wildman–Crippen LogP) is 4.16. The topological polar surface area (TPSA) is 111 Å². The van der Waals surface area contributed by atoms with Crippen molar-refractivity contribution in [3.63, 3.8) is 0 Å². The zero-order valence-corrected chi connectivity index (χ0v) is 19.1. The third-order valence-electron chi connectivity index (χ3n) is 5.47. The zero-order valence-electron chi connectivity index (χ0n) is 19.1. The number of guanidine groups is 1. The van der Waals surface area contributed by atoms with Gasteiger partial charge >= 0.3 is 0 Å². The normalized spacial score (nSPS) is 17.4. The maximum absolute atomic E-state index is 11.2. The molecule has 0 aromatic carbocycles. The number of nitrogens with zero attached hydrogens (tertiary/aromatic N) is 1. The molecule has 0 atom stereocenters. The Balaban J connectivity index is 0.000000436. The van der Waals surface area contributed by atoms with Crippen molar-refractivity contribution in [3.8, 4) is 0 Å². The lowest BCUT2D eigenvalue weighted by atomic mass is 9.86. The first-order valence-electron chi connectivity index (χ1n) is 11.6. The molecule has 29 heavy (non-hydrogen) atoms. The molecule has 170 valence electrons. The van der Waals surface area contributed by atoms with Crippen molar-refractivity contribution < 1.29 is 9.59 Å². The van der Waals surface area contributed by atoms with Crippen LogP contribution in [0.5, 0.6) is 0 Å². The van der Waals surface area contributed by atoms with Gasteiger partial charge in [0.2, 0.25) is 5.91 Å². The number of aliphatic imine (C=N–C) groups is 1. The van der Waals surface area contributed by atoms with E-state index in [1.807, 2.05) is 7.05 Å². The molecule has 2 aliphatic carbocycles. The van der Waals surface area contributed by atoms with Crippen molar-refractivity contribution >= 4 is 18.2 Å². The average molecular weight is 411 g/mol. The molecule has 0 aliphatic heterocycles. The van der Waals surface area contributed by atoms with E-state index in [9.17, 15) is 9.59 Å². The second kappa shape index (κ2) is 18.6. The third-order valence-corrected chi connectivity index (χ3v) is 5.47. The van der Waals surface area contributed by atoms with Crippen LogP contribution >= 0.6 is 0 Å². The lowest BCUT2D eigenvalue weighted by molar-refractivity contribution is -0.118. The molecule has 2 rings (SSSR count). The van der Waals surface area contributed by atoms with E-state index < -0.39 is 0 Å². The third kappa shape index (κ3) is 18.3. The summed E-state index contributed by atoms with van der Waals surface area (Å²) in [7, 11) is 1.97. The maximum atomic E-state index is 11.2. The van der Waals surface area contributed by atoms with Crippen molar-refractivity contribution in [2.45, 2.75) is 97.3 Å². The molecule has 0 saturated heterocycles. The quantitative estimate of drug-likeness (QED) is 0.331. The highest BCUT2D eigenvalue weighted by atomic mass is 16.1. The summed E-state index contributed by atoms with van der Waals surface area (Å²) in [5.41, 5.74) is 10.2. The number of hydrogen-bond acceptors (Lipinski definition) is 3. The molecule has 2 aliphatic rings. The van der Waals surface area contributed by atoms with Crippen LogP contribution in [0.2, 0.25) is 0 Å². The maximum Gasteiger partial charge on any atom is 0.249 e. The van der Waals surface area contributed by atoms with Gasteiger partial charge in [-0.1, -0.05) is 65.2 Å². The molecule has 0 aromatic heterocycles. The van der Waals surface area contributed by atoms with Crippen LogP contribution in [0.15, 0.2) is 4.99 Å². The molecule has 6 heteroatoms. The minimum Gasteiger partial charge on any atom is -0.370 e. The van der Waals surface area contributed by atoms with Crippen molar-refractivity contribution in [1.29, 1.82) is 0 Å². The highest BCUT2D eigenvalue weighted by Gasteiger charge is 2.16. The van der Waals surface area contributed by atoms with Crippen LogP contribution in [0, 0.1) is 17.8 Å². The molecule has 0 radical (unpaired) electrons. The van der Waals surface area contributed by atoms with E-state index in [0.717, 1.165) is 50.4 Å². The number of aldehydes is 1. The van der Waals surface area contributed by atoms with Gasteiger partial charge in [0.15, 0.2) is 5.96 Å². The van der Waals surface area contributed by atoms with Gasteiger partial charge in [0.25, 0.3) is 0 Å². The van der Waals surface area contributed by atoms with Crippen LogP contribution in [0.3, 0.4) is 0 Å². The Bertz CT molecular complexity index is 436. The molecular formula is C23H46N4O2. The first-order chi connectivity index (χ1) is 13.9. The molecule has 6 nitrogen and oxygen atoms in total. The van der Waals surface area contributed by atoms with Gasteiger partial charge in [-0.2, -0.15) is 4.99 Å². The van der Waals surface area contributed by atoms with Gasteiger partial charge in [-0.25, -0.2) is 0 Å². The van der Waals surface area contributed by atoms with Gasteiger partial charge in [-0.3, -0.25) is 4.79 Å². The fourth-order valence-corrected chi connectivity index (χ4v) is 4.02. The number of amides is 1.